The Bertz CT molecular complexity index is 865. The largest absolute Gasteiger partial charge is 0.478 e. The number of benzene rings is 2. The van der Waals surface area contributed by atoms with Crippen LogP contribution in [0.4, 0.5) is 13.2 Å². The predicted octanol–water partition coefficient (Wildman–Crippen LogP) is 4.55. The lowest BCUT2D eigenvalue weighted by atomic mass is 9.98. The van der Waals surface area contributed by atoms with Crippen LogP contribution in [0.1, 0.15) is 15.9 Å². The van der Waals surface area contributed by atoms with Crippen LogP contribution >= 0.6 is 0 Å². The Labute approximate surface area is 123 Å². The highest BCUT2D eigenvalue weighted by molar-refractivity contribution is 6.01. The predicted molar refractivity (Wildman–Crippen MR) is 75.7 cm³/mol. The van der Waals surface area contributed by atoms with E-state index >= 15 is 0 Å². The summed E-state index contributed by atoms with van der Waals surface area (Å²) in [6.07, 6.45) is -3.02. The first-order chi connectivity index (χ1) is 10.4. The monoisotopic (exact) mass is 305 g/mol. The third-order valence-electron chi connectivity index (χ3n) is 3.45. The number of hydrogen-bond acceptors (Lipinski definition) is 1. The van der Waals surface area contributed by atoms with E-state index in [2.05, 4.69) is 4.98 Å². The zero-order valence-corrected chi connectivity index (χ0v) is 11.1. The molecule has 0 aliphatic carbocycles. The maximum absolute atomic E-state index is 13.1. The van der Waals surface area contributed by atoms with Gasteiger partial charge in [-0.15, -0.1) is 0 Å². The number of halogens is 3. The summed E-state index contributed by atoms with van der Waals surface area (Å²) in [6, 6.07) is 9.54. The van der Waals surface area contributed by atoms with Crippen LogP contribution in [0.3, 0.4) is 0 Å². The van der Waals surface area contributed by atoms with Crippen LogP contribution in [0.25, 0.3) is 22.0 Å². The fraction of sp³-hybridized carbons (Fsp3) is 0.0625. The first-order valence-corrected chi connectivity index (χ1v) is 6.39. The highest BCUT2D eigenvalue weighted by Crippen LogP contribution is 2.39. The lowest BCUT2D eigenvalue weighted by molar-refractivity contribution is -0.137. The first-order valence-electron chi connectivity index (χ1n) is 6.39. The van der Waals surface area contributed by atoms with E-state index < -0.39 is 17.7 Å². The number of nitrogens with one attached hydrogen (secondary N) is 1. The van der Waals surface area contributed by atoms with E-state index in [0.717, 1.165) is 6.07 Å². The zero-order chi connectivity index (χ0) is 15.9. The molecule has 0 aliphatic heterocycles. The fourth-order valence-electron chi connectivity index (χ4n) is 2.44. The van der Waals surface area contributed by atoms with Gasteiger partial charge in [0, 0.05) is 22.7 Å². The summed E-state index contributed by atoms with van der Waals surface area (Å²) in [5.74, 6) is -1.13. The van der Waals surface area contributed by atoms with Crippen LogP contribution < -0.4 is 0 Å². The normalized spacial score (nSPS) is 11.8. The molecule has 0 saturated carbocycles. The Morgan fingerprint density at radius 3 is 2.45 bits per heavy atom. The topological polar surface area (TPSA) is 53.1 Å². The van der Waals surface area contributed by atoms with Crippen LogP contribution in [-0.2, 0) is 6.18 Å². The van der Waals surface area contributed by atoms with Gasteiger partial charge in [-0.1, -0.05) is 18.2 Å². The molecule has 0 spiro atoms. The number of hydrogen-bond donors (Lipinski definition) is 2. The molecule has 0 fully saturated rings. The van der Waals surface area contributed by atoms with Crippen molar-refractivity contribution in [3.8, 4) is 11.1 Å². The van der Waals surface area contributed by atoms with Crippen molar-refractivity contribution in [3.63, 3.8) is 0 Å². The minimum atomic E-state index is -4.48. The van der Waals surface area contributed by atoms with E-state index in [1.54, 1.807) is 6.07 Å². The van der Waals surface area contributed by atoms with Crippen LogP contribution in [0.15, 0.2) is 48.7 Å². The zero-order valence-electron chi connectivity index (χ0n) is 11.1. The lowest BCUT2D eigenvalue weighted by Crippen LogP contribution is -2.06. The molecule has 0 aliphatic rings. The molecular weight excluding hydrogens is 295 g/mol. The summed E-state index contributed by atoms with van der Waals surface area (Å²) in [6.45, 7) is 0. The van der Waals surface area contributed by atoms with E-state index in [-0.39, 0.29) is 11.1 Å². The van der Waals surface area contributed by atoms with Crippen LogP contribution in [0.5, 0.6) is 0 Å². The van der Waals surface area contributed by atoms with Gasteiger partial charge in [0.05, 0.1) is 11.1 Å². The number of carbonyl (C=O) groups is 1. The number of fused-ring (bicyclic) bond motifs is 1. The SMILES string of the molecule is O=C(O)c1ccc2[nH]cc(-c3ccccc3C(F)(F)F)c2c1. The third kappa shape index (κ3) is 2.32. The van der Waals surface area contributed by atoms with Gasteiger partial charge in [-0.05, 0) is 29.8 Å². The van der Waals surface area contributed by atoms with Crippen molar-refractivity contribution in [2.24, 2.45) is 0 Å². The molecule has 3 aromatic rings. The van der Waals surface area contributed by atoms with E-state index in [0.29, 0.717) is 16.5 Å². The molecular formula is C16H10F3NO2. The second kappa shape index (κ2) is 4.91. The molecule has 0 bridgehead atoms. The molecule has 6 heteroatoms. The van der Waals surface area contributed by atoms with Gasteiger partial charge in [0.25, 0.3) is 0 Å². The van der Waals surface area contributed by atoms with Gasteiger partial charge in [-0.25, -0.2) is 4.79 Å². The number of aromatic nitrogens is 1. The molecule has 1 aromatic heterocycles. The molecule has 3 rings (SSSR count). The summed E-state index contributed by atoms with van der Waals surface area (Å²) < 4.78 is 39.4. The minimum Gasteiger partial charge on any atom is -0.478 e. The maximum atomic E-state index is 13.1. The van der Waals surface area contributed by atoms with Crippen molar-refractivity contribution in [1.82, 2.24) is 4.98 Å². The molecule has 0 atom stereocenters. The molecule has 0 radical (unpaired) electrons. The third-order valence-corrected chi connectivity index (χ3v) is 3.45. The molecule has 0 unspecified atom stereocenters. The van der Waals surface area contributed by atoms with Crippen LogP contribution in [0.2, 0.25) is 0 Å². The number of rotatable bonds is 2. The Kier molecular flexibility index (Phi) is 3.16. The molecule has 0 saturated heterocycles. The summed E-state index contributed by atoms with van der Waals surface area (Å²) in [4.78, 5) is 13.9. The Balaban J connectivity index is 2.27. The quantitative estimate of drug-likeness (QED) is 0.729. The molecule has 2 aromatic carbocycles. The molecule has 112 valence electrons. The van der Waals surface area contributed by atoms with E-state index in [4.69, 9.17) is 5.11 Å². The number of aromatic amines is 1. The van der Waals surface area contributed by atoms with E-state index in [1.807, 2.05) is 0 Å². The van der Waals surface area contributed by atoms with Gasteiger partial charge in [0.2, 0.25) is 0 Å². The van der Waals surface area contributed by atoms with Crippen molar-refractivity contribution in [3.05, 3.63) is 59.8 Å². The Hall–Kier alpha value is -2.76. The average Bonchev–Trinajstić information content (AvgIpc) is 2.89. The molecule has 22 heavy (non-hydrogen) atoms. The fourth-order valence-corrected chi connectivity index (χ4v) is 2.44. The summed E-state index contributed by atoms with van der Waals surface area (Å²) in [5.41, 5.74) is 0.196. The van der Waals surface area contributed by atoms with Crippen molar-refractivity contribution < 1.29 is 23.1 Å². The van der Waals surface area contributed by atoms with Gasteiger partial charge in [-0.2, -0.15) is 13.2 Å². The number of carboxylic acid groups (broad SMARTS) is 1. The Morgan fingerprint density at radius 1 is 1.05 bits per heavy atom. The van der Waals surface area contributed by atoms with E-state index in [9.17, 15) is 18.0 Å². The van der Waals surface area contributed by atoms with Crippen molar-refractivity contribution in [2.45, 2.75) is 6.18 Å². The lowest BCUT2D eigenvalue weighted by Gasteiger charge is -2.12. The smallest absolute Gasteiger partial charge is 0.417 e. The number of alkyl halides is 3. The van der Waals surface area contributed by atoms with Gasteiger partial charge < -0.3 is 10.1 Å². The highest BCUT2D eigenvalue weighted by Gasteiger charge is 2.33. The summed E-state index contributed by atoms with van der Waals surface area (Å²) >= 11 is 0. The van der Waals surface area contributed by atoms with Crippen molar-refractivity contribution in [2.75, 3.05) is 0 Å². The second-order valence-electron chi connectivity index (χ2n) is 4.81. The van der Waals surface area contributed by atoms with Gasteiger partial charge >= 0.3 is 12.1 Å². The van der Waals surface area contributed by atoms with Crippen LogP contribution in [0, 0.1) is 0 Å². The average molecular weight is 305 g/mol. The summed E-state index contributed by atoms with van der Waals surface area (Å²) in [5, 5.41) is 9.48. The Morgan fingerprint density at radius 2 is 1.77 bits per heavy atom. The number of carboxylic acids is 1. The first kappa shape index (κ1) is 14.2. The number of aromatic carboxylic acids is 1. The van der Waals surface area contributed by atoms with Gasteiger partial charge in [-0.3, -0.25) is 0 Å². The van der Waals surface area contributed by atoms with Crippen molar-refractivity contribution in [1.29, 1.82) is 0 Å². The number of H-pyrrole nitrogens is 1. The molecule has 3 nitrogen and oxygen atoms in total. The molecule has 1 heterocycles. The van der Waals surface area contributed by atoms with Gasteiger partial charge in [0.15, 0.2) is 0 Å². The highest BCUT2D eigenvalue weighted by atomic mass is 19.4. The van der Waals surface area contributed by atoms with Crippen molar-refractivity contribution >= 4 is 16.9 Å². The standard InChI is InChI=1S/C16H10F3NO2/c17-16(18,19)13-4-2-1-3-10(13)12-8-20-14-6-5-9(15(21)22)7-11(12)14/h1-8,20H,(H,21,22). The second-order valence-corrected chi connectivity index (χ2v) is 4.81. The minimum absolute atomic E-state index is 0.0174. The van der Waals surface area contributed by atoms with Gasteiger partial charge in [0.1, 0.15) is 0 Å². The van der Waals surface area contributed by atoms with Crippen LogP contribution in [-0.4, -0.2) is 16.1 Å². The van der Waals surface area contributed by atoms with E-state index in [1.165, 1.54) is 36.5 Å². The molecule has 0 amide bonds. The summed E-state index contributed by atoms with van der Waals surface area (Å²) in [7, 11) is 0. The maximum Gasteiger partial charge on any atom is 0.417 e. The molecule has 2 N–H and O–H groups in total.